The number of rotatable bonds is 7. The number of carbonyl (C=O) groups excluding carboxylic acids is 1. The molecule has 1 aliphatic rings. The van der Waals surface area contributed by atoms with Crippen molar-refractivity contribution < 1.29 is 24.2 Å². The summed E-state index contributed by atoms with van der Waals surface area (Å²) in [4.78, 5) is 27.5. The van der Waals surface area contributed by atoms with E-state index in [1.165, 1.54) is 4.90 Å². The fraction of sp³-hybridized carbons (Fsp3) is 0.481. The Morgan fingerprint density at radius 2 is 1.80 bits per heavy atom. The van der Waals surface area contributed by atoms with E-state index in [4.69, 9.17) is 9.47 Å². The first kappa shape index (κ1) is 27.0. The number of amides is 1. The molecule has 2 aromatic rings. The summed E-state index contributed by atoms with van der Waals surface area (Å²) in [5.74, 6) is -0.716. The van der Waals surface area contributed by atoms with E-state index in [9.17, 15) is 14.7 Å². The Morgan fingerprint density at radius 1 is 1.14 bits per heavy atom. The van der Waals surface area contributed by atoms with Gasteiger partial charge in [-0.3, -0.25) is 4.90 Å². The van der Waals surface area contributed by atoms with Crippen LogP contribution in [0.15, 0.2) is 53.0 Å². The average Bonchev–Trinajstić information content (AvgIpc) is 3.14. The van der Waals surface area contributed by atoms with Crippen molar-refractivity contribution in [2.75, 3.05) is 7.11 Å². The molecule has 1 amide bonds. The summed E-state index contributed by atoms with van der Waals surface area (Å²) in [6, 6.07) is 13.4. The molecule has 190 valence electrons. The van der Waals surface area contributed by atoms with Crippen molar-refractivity contribution in [2.24, 2.45) is 11.3 Å². The quantitative estimate of drug-likeness (QED) is 0.467. The number of nitrogens with one attached hydrogen (secondary N) is 1. The number of aliphatic carboxylic acids is 1. The predicted octanol–water partition coefficient (Wildman–Crippen LogP) is 5.63. The van der Waals surface area contributed by atoms with Crippen LogP contribution in [-0.4, -0.2) is 47.4 Å². The van der Waals surface area contributed by atoms with Crippen LogP contribution in [0.3, 0.4) is 0 Å². The van der Waals surface area contributed by atoms with Crippen LogP contribution in [-0.2, 0) is 16.1 Å². The fourth-order valence-electron chi connectivity index (χ4n) is 5.06. The van der Waals surface area contributed by atoms with Crippen molar-refractivity contribution in [3.63, 3.8) is 0 Å². The maximum Gasteiger partial charge on any atom is 0.411 e. The minimum absolute atomic E-state index is 0.359. The number of halogens is 1. The number of hydrogen-bond donors (Lipinski definition) is 2. The van der Waals surface area contributed by atoms with Gasteiger partial charge in [0.05, 0.1) is 19.3 Å². The van der Waals surface area contributed by atoms with Crippen LogP contribution >= 0.6 is 15.9 Å². The molecular weight excluding hydrogens is 512 g/mol. The molecule has 0 saturated carbocycles. The molecule has 8 heteroatoms. The summed E-state index contributed by atoms with van der Waals surface area (Å²) in [5, 5.41) is 14.0. The van der Waals surface area contributed by atoms with Gasteiger partial charge in [-0.05, 0) is 43.0 Å². The summed E-state index contributed by atoms with van der Waals surface area (Å²) < 4.78 is 12.0. The van der Waals surface area contributed by atoms with E-state index in [0.717, 1.165) is 21.3 Å². The third-order valence-electron chi connectivity index (χ3n) is 6.38. The first-order valence-electron chi connectivity index (χ1n) is 11.8. The molecule has 1 heterocycles. The molecule has 1 aliphatic heterocycles. The van der Waals surface area contributed by atoms with Gasteiger partial charge in [-0.2, -0.15) is 0 Å². The number of methoxy groups -OCH3 is 1. The SMILES string of the molecule is COc1ccc(Br)cc1CN[C@H]1[C@H](C(C)(C)C)[C@@H](C(=O)O)N(C(=O)OC(C)C)[C@H]1c1ccccc1. The zero-order valence-corrected chi connectivity index (χ0v) is 22.7. The molecule has 4 atom stereocenters. The topological polar surface area (TPSA) is 88.1 Å². The Kier molecular flexibility index (Phi) is 8.49. The lowest BCUT2D eigenvalue weighted by Crippen LogP contribution is -2.48. The largest absolute Gasteiger partial charge is 0.496 e. The highest BCUT2D eigenvalue weighted by Gasteiger charge is 2.58. The summed E-state index contributed by atoms with van der Waals surface area (Å²) in [6.07, 6.45) is -1.00. The number of carbonyl (C=O) groups is 2. The van der Waals surface area contributed by atoms with Crippen LogP contribution in [0.4, 0.5) is 4.79 Å². The molecule has 0 radical (unpaired) electrons. The van der Waals surface area contributed by atoms with E-state index < -0.39 is 35.5 Å². The zero-order chi connectivity index (χ0) is 25.9. The van der Waals surface area contributed by atoms with Crippen LogP contribution in [0.2, 0.25) is 0 Å². The lowest BCUT2D eigenvalue weighted by atomic mass is 9.72. The number of nitrogens with zero attached hydrogens (tertiary/aromatic N) is 1. The Labute approximate surface area is 215 Å². The predicted molar refractivity (Wildman–Crippen MR) is 138 cm³/mol. The van der Waals surface area contributed by atoms with Crippen LogP contribution < -0.4 is 10.1 Å². The maximum absolute atomic E-state index is 13.4. The molecule has 1 fully saturated rings. The van der Waals surface area contributed by atoms with E-state index in [0.29, 0.717) is 6.54 Å². The fourth-order valence-corrected chi connectivity index (χ4v) is 5.46. The number of carboxylic acid groups (broad SMARTS) is 1. The van der Waals surface area contributed by atoms with Gasteiger partial charge in [-0.15, -0.1) is 0 Å². The Balaban J connectivity index is 2.13. The van der Waals surface area contributed by atoms with Gasteiger partial charge < -0.3 is 19.9 Å². The van der Waals surface area contributed by atoms with E-state index in [1.54, 1.807) is 21.0 Å². The molecule has 0 aliphatic carbocycles. The second-order valence-corrected chi connectivity index (χ2v) is 11.1. The molecule has 1 saturated heterocycles. The van der Waals surface area contributed by atoms with Crippen LogP contribution in [0, 0.1) is 11.3 Å². The van der Waals surface area contributed by atoms with E-state index >= 15 is 0 Å². The first-order valence-corrected chi connectivity index (χ1v) is 12.6. The molecule has 0 aromatic heterocycles. The highest BCUT2D eigenvalue weighted by atomic mass is 79.9. The van der Waals surface area contributed by atoms with Gasteiger partial charge in [0.1, 0.15) is 11.8 Å². The number of likely N-dealkylation sites (tertiary alicyclic amines) is 1. The van der Waals surface area contributed by atoms with Crippen LogP contribution in [0.5, 0.6) is 5.75 Å². The zero-order valence-electron chi connectivity index (χ0n) is 21.1. The van der Waals surface area contributed by atoms with Crippen molar-refractivity contribution >= 4 is 28.0 Å². The normalized spacial score (nSPS) is 22.3. The van der Waals surface area contributed by atoms with Gasteiger partial charge in [0, 0.05) is 28.5 Å². The third kappa shape index (κ3) is 5.98. The molecule has 7 nitrogen and oxygen atoms in total. The molecule has 2 N–H and O–H groups in total. The Morgan fingerprint density at radius 3 is 2.34 bits per heavy atom. The molecule has 0 unspecified atom stereocenters. The van der Waals surface area contributed by atoms with Crippen molar-refractivity contribution in [3.05, 3.63) is 64.1 Å². The van der Waals surface area contributed by atoms with Gasteiger partial charge in [-0.1, -0.05) is 67.0 Å². The smallest absolute Gasteiger partial charge is 0.411 e. The first-order chi connectivity index (χ1) is 16.5. The van der Waals surface area contributed by atoms with Crippen molar-refractivity contribution in [3.8, 4) is 5.75 Å². The van der Waals surface area contributed by atoms with Crippen molar-refractivity contribution in [1.82, 2.24) is 10.2 Å². The van der Waals surface area contributed by atoms with Crippen molar-refractivity contribution in [2.45, 2.75) is 65.4 Å². The van der Waals surface area contributed by atoms with Crippen LogP contribution in [0.1, 0.15) is 51.8 Å². The lowest BCUT2D eigenvalue weighted by molar-refractivity contribution is -0.144. The molecule has 0 bridgehead atoms. The van der Waals surface area contributed by atoms with Gasteiger partial charge in [0.2, 0.25) is 0 Å². The number of benzene rings is 2. The second-order valence-electron chi connectivity index (χ2n) is 10.2. The van der Waals surface area contributed by atoms with Gasteiger partial charge >= 0.3 is 12.1 Å². The summed E-state index contributed by atoms with van der Waals surface area (Å²) in [6.45, 7) is 10.0. The van der Waals surface area contributed by atoms with Crippen molar-refractivity contribution in [1.29, 1.82) is 0 Å². The number of ether oxygens (including phenoxy) is 2. The standard InChI is InChI=1S/C27H35BrN2O5/c1-16(2)35-26(33)30-23(17-10-8-7-9-11-17)22(21(27(3,4)5)24(30)25(31)32)29-15-18-14-19(28)12-13-20(18)34-6/h7-14,16,21-24,29H,15H2,1-6H3,(H,31,32)/t21-,22-,23-,24-/m0/s1. The van der Waals surface area contributed by atoms with E-state index in [-0.39, 0.29) is 12.1 Å². The lowest BCUT2D eigenvalue weighted by Gasteiger charge is -2.35. The van der Waals surface area contributed by atoms with E-state index in [2.05, 4.69) is 21.2 Å². The Bertz CT molecular complexity index is 1040. The summed E-state index contributed by atoms with van der Waals surface area (Å²) in [5.41, 5.74) is 1.35. The molecule has 2 aromatic carbocycles. The highest BCUT2D eigenvalue weighted by Crippen LogP contribution is 2.48. The minimum Gasteiger partial charge on any atom is -0.496 e. The van der Waals surface area contributed by atoms with Crippen LogP contribution in [0.25, 0.3) is 0 Å². The summed E-state index contributed by atoms with van der Waals surface area (Å²) >= 11 is 3.52. The maximum atomic E-state index is 13.4. The third-order valence-corrected chi connectivity index (χ3v) is 6.87. The van der Waals surface area contributed by atoms with E-state index in [1.807, 2.05) is 69.3 Å². The second kappa shape index (κ2) is 11.0. The molecular formula is C27H35BrN2O5. The van der Waals surface area contributed by atoms with Gasteiger partial charge in [-0.25, -0.2) is 9.59 Å². The minimum atomic E-state index is -1.06. The number of hydrogen-bond acceptors (Lipinski definition) is 5. The summed E-state index contributed by atoms with van der Waals surface area (Å²) in [7, 11) is 1.62. The molecule has 35 heavy (non-hydrogen) atoms. The molecule has 3 rings (SSSR count). The average molecular weight is 547 g/mol. The highest BCUT2D eigenvalue weighted by molar-refractivity contribution is 9.10. The molecule has 0 spiro atoms. The van der Waals surface area contributed by atoms with Gasteiger partial charge in [0.15, 0.2) is 0 Å². The van der Waals surface area contributed by atoms with Gasteiger partial charge in [0.25, 0.3) is 0 Å². The Hall–Kier alpha value is -2.58. The number of carboxylic acids is 1. The monoisotopic (exact) mass is 546 g/mol.